The van der Waals surface area contributed by atoms with E-state index >= 15 is 0 Å². The molecule has 2 rings (SSSR count). The number of halogens is 1. The number of hydrogen-bond donors (Lipinski definition) is 0. The maximum atomic E-state index is 12.1. The second kappa shape index (κ2) is 4.32. The molecular formula is C12H11ClOS2. The Balaban J connectivity index is 2.38. The fraction of sp³-hybridized carbons (Fsp3) is 0.250. The molecule has 0 radical (unpaired) electrons. The highest BCUT2D eigenvalue weighted by molar-refractivity contribution is 7.20. The fourth-order valence-electron chi connectivity index (χ4n) is 1.38. The van der Waals surface area contributed by atoms with Crippen molar-refractivity contribution in [1.29, 1.82) is 0 Å². The zero-order valence-electron chi connectivity index (χ0n) is 9.26. The lowest BCUT2D eigenvalue weighted by molar-refractivity contribution is 0.104. The number of rotatable bonds is 2. The largest absolute Gasteiger partial charge is 0.287 e. The molecule has 84 valence electrons. The molecule has 2 aromatic rings. The molecule has 4 heteroatoms. The van der Waals surface area contributed by atoms with Crippen LogP contribution < -0.4 is 0 Å². The number of hydrogen-bond acceptors (Lipinski definition) is 3. The van der Waals surface area contributed by atoms with E-state index in [0.29, 0.717) is 4.34 Å². The Kier molecular flexibility index (Phi) is 3.19. The van der Waals surface area contributed by atoms with Gasteiger partial charge in [-0.25, -0.2) is 0 Å². The molecule has 0 spiro atoms. The molecule has 0 saturated carbocycles. The van der Waals surface area contributed by atoms with Crippen molar-refractivity contribution < 1.29 is 4.79 Å². The van der Waals surface area contributed by atoms with Crippen LogP contribution in [0.1, 0.15) is 30.6 Å². The molecule has 0 aliphatic heterocycles. The monoisotopic (exact) mass is 270 g/mol. The van der Waals surface area contributed by atoms with Crippen LogP contribution in [-0.2, 0) is 0 Å². The van der Waals surface area contributed by atoms with Gasteiger partial charge in [-0.3, -0.25) is 4.79 Å². The van der Waals surface area contributed by atoms with Crippen molar-refractivity contribution in [3.63, 3.8) is 0 Å². The number of aryl methyl sites for hydroxylation is 3. The lowest BCUT2D eigenvalue weighted by Gasteiger charge is -1.90. The number of carbonyl (C=O) groups excluding carboxylic acids is 1. The molecule has 0 aromatic carbocycles. The SMILES string of the molecule is Cc1cc(C(=O)c2cc(C)c(Cl)s2)sc1C. The van der Waals surface area contributed by atoms with Gasteiger partial charge in [-0.05, 0) is 44.0 Å². The maximum absolute atomic E-state index is 12.1. The Morgan fingerprint density at radius 3 is 2.06 bits per heavy atom. The quantitative estimate of drug-likeness (QED) is 0.728. The van der Waals surface area contributed by atoms with E-state index in [-0.39, 0.29) is 5.78 Å². The Bertz CT molecular complexity index is 464. The minimum atomic E-state index is 0.0844. The summed E-state index contributed by atoms with van der Waals surface area (Å²) in [6.07, 6.45) is 0. The molecule has 0 amide bonds. The summed E-state index contributed by atoms with van der Waals surface area (Å²) in [6.45, 7) is 5.97. The van der Waals surface area contributed by atoms with Gasteiger partial charge in [0.2, 0.25) is 5.78 Å². The van der Waals surface area contributed by atoms with E-state index in [4.69, 9.17) is 11.6 Å². The van der Waals surface area contributed by atoms with Crippen molar-refractivity contribution in [3.05, 3.63) is 42.2 Å². The van der Waals surface area contributed by atoms with Gasteiger partial charge in [0, 0.05) is 4.88 Å². The van der Waals surface area contributed by atoms with E-state index in [2.05, 4.69) is 0 Å². The molecule has 0 saturated heterocycles. The van der Waals surface area contributed by atoms with Crippen LogP contribution in [0, 0.1) is 20.8 Å². The van der Waals surface area contributed by atoms with Crippen LogP contribution in [-0.4, -0.2) is 5.78 Å². The van der Waals surface area contributed by atoms with E-state index in [1.54, 1.807) is 11.3 Å². The topological polar surface area (TPSA) is 17.1 Å². The van der Waals surface area contributed by atoms with Gasteiger partial charge in [-0.2, -0.15) is 0 Å². The first-order chi connectivity index (χ1) is 7.49. The molecule has 16 heavy (non-hydrogen) atoms. The summed E-state index contributed by atoms with van der Waals surface area (Å²) in [7, 11) is 0. The molecule has 0 atom stereocenters. The summed E-state index contributed by atoms with van der Waals surface area (Å²) in [5.74, 6) is 0.0844. The van der Waals surface area contributed by atoms with Gasteiger partial charge in [0.05, 0.1) is 14.1 Å². The third kappa shape index (κ3) is 2.08. The van der Waals surface area contributed by atoms with Gasteiger partial charge in [0.15, 0.2) is 0 Å². The van der Waals surface area contributed by atoms with Crippen molar-refractivity contribution in [2.24, 2.45) is 0 Å². The molecule has 0 aliphatic rings. The summed E-state index contributed by atoms with van der Waals surface area (Å²) >= 11 is 8.87. The van der Waals surface area contributed by atoms with E-state index < -0.39 is 0 Å². The average molecular weight is 271 g/mol. The van der Waals surface area contributed by atoms with Gasteiger partial charge >= 0.3 is 0 Å². The van der Waals surface area contributed by atoms with E-state index in [9.17, 15) is 4.79 Å². The number of thiophene rings is 2. The van der Waals surface area contributed by atoms with Gasteiger partial charge in [0.25, 0.3) is 0 Å². The molecule has 2 heterocycles. The summed E-state index contributed by atoms with van der Waals surface area (Å²) in [4.78, 5) is 14.9. The third-order valence-corrected chi connectivity index (χ3v) is 5.18. The van der Waals surface area contributed by atoms with E-state index in [1.807, 2.05) is 32.9 Å². The van der Waals surface area contributed by atoms with Crippen molar-refractivity contribution in [1.82, 2.24) is 0 Å². The lowest BCUT2D eigenvalue weighted by Crippen LogP contribution is -1.94. The van der Waals surface area contributed by atoms with Crippen LogP contribution in [0.3, 0.4) is 0 Å². The van der Waals surface area contributed by atoms with Crippen LogP contribution in [0.2, 0.25) is 4.34 Å². The second-order valence-electron chi connectivity index (χ2n) is 3.75. The Morgan fingerprint density at radius 1 is 1.06 bits per heavy atom. The molecule has 1 nitrogen and oxygen atoms in total. The van der Waals surface area contributed by atoms with Gasteiger partial charge in [0.1, 0.15) is 0 Å². The lowest BCUT2D eigenvalue weighted by atomic mass is 10.2. The first-order valence-electron chi connectivity index (χ1n) is 4.86. The highest BCUT2D eigenvalue weighted by Gasteiger charge is 2.16. The number of ketones is 1. The van der Waals surface area contributed by atoms with Crippen LogP contribution in [0.5, 0.6) is 0 Å². The summed E-state index contributed by atoms with van der Waals surface area (Å²) in [5, 5.41) is 0. The molecule has 0 aliphatic carbocycles. The third-order valence-electron chi connectivity index (χ3n) is 2.47. The molecule has 2 aromatic heterocycles. The highest BCUT2D eigenvalue weighted by Crippen LogP contribution is 2.30. The molecule has 0 fully saturated rings. The Morgan fingerprint density at radius 2 is 1.62 bits per heavy atom. The second-order valence-corrected chi connectivity index (χ2v) is 6.66. The fourth-order valence-corrected chi connectivity index (χ4v) is 3.59. The predicted octanol–water partition coefficient (Wildman–Crippen LogP) is 4.62. The molecule has 0 N–H and O–H groups in total. The first-order valence-corrected chi connectivity index (χ1v) is 6.88. The average Bonchev–Trinajstić information content (AvgIpc) is 2.72. The number of carbonyl (C=O) groups is 1. The Labute approximate surface area is 108 Å². The van der Waals surface area contributed by atoms with Gasteiger partial charge in [-0.1, -0.05) is 11.6 Å². The predicted molar refractivity (Wildman–Crippen MR) is 71.3 cm³/mol. The minimum absolute atomic E-state index is 0.0844. The Hall–Kier alpha value is -0.640. The van der Waals surface area contributed by atoms with E-state index in [1.165, 1.54) is 21.8 Å². The summed E-state index contributed by atoms with van der Waals surface area (Å²) in [5.41, 5.74) is 2.15. The van der Waals surface area contributed by atoms with E-state index in [0.717, 1.165) is 15.3 Å². The molecule has 0 bridgehead atoms. The van der Waals surface area contributed by atoms with Crippen LogP contribution in [0.4, 0.5) is 0 Å². The van der Waals surface area contributed by atoms with Crippen LogP contribution in [0.25, 0.3) is 0 Å². The smallest absolute Gasteiger partial charge is 0.212 e. The summed E-state index contributed by atoms with van der Waals surface area (Å²) in [6, 6.07) is 3.81. The zero-order chi connectivity index (χ0) is 11.9. The normalized spacial score (nSPS) is 10.8. The van der Waals surface area contributed by atoms with Crippen molar-refractivity contribution in [2.45, 2.75) is 20.8 Å². The molecule has 0 unspecified atom stereocenters. The van der Waals surface area contributed by atoms with Gasteiger partial charge in [-0.15, -0.1) is 22.7 Å². The zero-order valence-corrected chi connectivity index (χ0v) is 11.6. The molecular weight excluding hydrogens is 260 g/mol. The van der Waals surface area contributed by atoms with Crippen molar-refractivity contribution >= 4 is 40.1 Å². The van der Waals surface area contributed by atoms with Gasteiger partial charge < -0.3 is 0 Å². The van der Waals surface area contributed by atoms with Crippen LogP contribution in [0.15, 0.2) is 12.1 Å². The van der Waals surface area contributed by atoms with Crippen LogP contribution >= 0.6 is 34.3 Å². The maximum Gasteiger partial charge on any atom is 0.212 e. The highest BCUT2D eigenvalue weighted by atomic mass is 35.5. The first kappa shape index (κ1) is 11.8. The standard InChI is InChI=1S/C12H11ClOS2/c1-6-4-9(15-8(6)3)11(14)10-5-7(2)12(13)16-10/h4-5H,1-3H3. The van der Waals surface area contributed by atoms with Crippen molar-refractivity contribution in [3.8, 4) is 0 Å². The minimum Gasteiger partial charge on any atom is -0.287 e. The van der Waals surface area contributed by atoms with Crippen molar-refractivity contribution in [2.75, 3.05) is 0 Å². The summed E-state index contributed by atoms with van der Waals surface area (Å²) < 4.78 is 0.702.